The van der Waals surface area contributed by atoms with Gasteiger partial charge in [-0.2, -0.15) is 9.78 Å². The van der Waals surface area contributed by atoms with Crippen molar-refractivity contribution in [2.45, 2.75) is 33.9 Å². The van der Waals surface area contributed by atoms with E-state index in [-0.39, 0.29) is 18.1 Å². The molecule has 4 rings (SSSR count). The summed E-state index contributed by atoms with van der Waals surface area (Å²) in [5.41, 5.74) is 3.23. The zero-order valence-corrected chi connectivity index (χ0v) is 19.9. The Morgan fingerprint density at radius 2 is 1.94 bits per heavy atom. The van der Waals surface area contributed by atoms with Gasteiger partial charge in [0.1, 0.15) is 5.76 Å². The molecule has 0 radical (unpaired) electrons. The molecule has 4 aromatic rings. The number of nitro groups is 1. The highest BCUT2D eigenvalue weighted by Crippen LogP contribution is 2.26. The highest BCUT2D eigenvalue weighted by molar-refractivity contribution is 6.35. The molecule has 1 amide bonds. The van der Waals surface area contributed by atoms with E-state index in [0.717, 1.165) is 11.3 Å². The molecule has 0 atom stereocenters. The van der Waals surface area contributed by atoms with Crippen LogP contribution in [0.15, 0.2) is 35.0 Å². The van der Waals surface area contributed by atoms with Crippen LogP contribution in [0.25, 0.3) is 0 Å². The van der Waals surface area contributed by atoms with Crippen LogP contribution in [0.1, 0.15) is 38.8 Å². The van der Waals surface area contributed by atoms with Crippen LogP contribution in [0.2, 0.25) is 10.0 Å². The maximum atomic E-state index is 13.1. The van der Waals surface area contributed by atoms with Crippen molar-refractivity contribution >= 4 is 40.6 Å². The van der Waals surface area contributed by atoms with Crippen LogP contribution >= 0.6 is 23.2 Å². The summed E-state index contributed by atoms with van der Waals surface area (Å²) in [7, 11) is 0. The highest BCUT2D eigenvalue weighted by atomic mass is 35.5. The number of nitrogens with one attached hydrogen (secondary N) is 1. The summed E-state index contributed by atoms with van der Waals surface area (Å²) in [6.45, 7) is 5.74. The molecule has 0 spiro atoms. The monoisotopic (exact) mass is 503 g/mol. The van der Waals surface area contributed by atoms with Gasteiger partial charge in [0, 0.05) is 10.0 Å². The molecule has 0 aliphatic rings. The summed E-state index contributed by atoms with van der Waals surface area (Å²) in [4.78, 5) is 23.4. The van der Waals surface area contributed by atoms with Crippen molar-refractivity contribution in [1.82, 2.24) is 24.7 Å². The predicted octanol–water partition coefficient (Wildman–Crippen LogP) is 4.56. The Kier molecular flexibility index (Phi) is 6.40. The number of nitrogens with zero attached hydrogens (tertiary/aromatic N) is 6. The molecule has 0 aliphatic heterocycles. The molecule has 1 aromatic carbocycles. The lowest BCUT2D eigenvalue weighted by atomic mass is 10.1. The third kappa shape index (κ3) is 4.66. The zero-order chi connectivity index (χ0) is 24.6. The Hall–Kier alpha value is -3.70. The number of amides is 1. The van der Waals surface area contributed by atoms with Crippen molar-refractivity contribution in [2.75, 3.05) is 5.32 Å². The van der Waals surface area contributed by atoms with E-state index in [0.29, 0.717) is 39.3 Å². The Bertz CT molecular complexity index is 1410. The smallest absolute Gasteiger partial charge is 0.361 e. The first-order chi connectivity index (χ1) is 16.1. The van der Waals surface area contributed by atoms with Gasteiger partial charge in [-0.3, -0.25) is 9.48 Å². The van der Waals surface area contributed by atoms with Gasteiger partial charge in [0.15, 0.2) is 5.69 Å². The molecule has 176 valence electrons. The molecule has 0 aliphatic carbocycles. The Labute approximate surface area is 203 Å². The molecule has 0 saturated carbocycles. The summed E-state index contributed by atoms with van der Waals surface area (Å²) in [5.74, 6) is -0.381. The number of anilines is 1. The van der Waals surface area contributed by atoms with E-state index in [1.807, 2.05) is 13.0 Å². The second kappa shape index (κ2) is 9.27. The quantitative estimate of drug-likeness (QED) is 0.288. The first-order valence-electron chi connectivity index (χ1n) is 10.1. The van der Waals surface area contributed by atoms with Crippen LogP contribution < -0.4 is 5.32 Å². The van der Waals surface area contributed by atoms with Crippen molar-refractivity contribution in [1.29, 1.82) is 0 Å². The molecule has 0 unspecified atom stereocenters. The minimum atomic E-state index is -0.592. The first-order valence-corrected chi connectivity index (χ1v) is 10.8. The lowest BCUT2D eigenvalue weighted by molar-refractivity contribution is -0.389. The third-order valence-corrected chi connectivity index (χ3v) is 5.88. The van der Waals surface area contributed by atoms with Gasteiger partial charge < -0.3 is 20.0 Å². The van der Waals surface area contributed by atoms with Gasteiger partial charge in [0.2, 0.25) is 0 Å². The average molecular weight is 504 g/mol. The maximum absolute atomic E-state index is 13.1. The van der Waals surface area contributed by atoms with Gasteiger partial charge in [-0.05, 0) is 43.4 Å². The van der Waals surface area contributed by atoms with E-state index < -0.39 is 10.8 Å². The molecule has 3 aromatic heterocycles. The fraction of sp³-hybridized carbons (Fsp3) is 0.238. The number of benzene rings is 1. The van der Waals surface area contributed by atoms with E-state index in [1.165, 1.54) is 16.9 Å². The number of carbonyl (C=O) groups is 1. The number of rotatable bonds is 7. The van der Waals surface area contributed by atoms with Crippen molar-refractivity contribution in [3.63, 3.8) is 0 Å². The SMILES string of the molecule is Cc1nn(Cc2ccc(Cl)cc2Cl)c(C)c1NC(=O)c1noc(C)c1Cn1ccc([N+](=O)[O-])n1. The molecule has 0 saturated heterocycles. The molecule has 1 N–H and O–H groups in total. The van der Waals surface area contributed by atoms with Gasteiger partial charge in [0.25, 0.3) is 5.91 Å². The minimum Gasteiger partial charge on any atom is -0.361 e. The van der Waals surface area contributed by atoms with Crippen LogP contribution in [0, 0.1) is 30.9 Å². The van der Waals surface area contributed by atoms with E-state index in [4.69, 9.17) is 27.7 Å². The normalized spacial score (nSPS) is 11.1. The molecule has 13 heteroatoms. The largest absolute Gasteiger partial charge is 0.389 e. The average Bonchev–Trinajstić information content (AvgIpc) is 3.46. The van der Waals surface area contributed by atoms with Crippen LogP contribution in [0.5, 0.6) is 0 Å². The predicted molar refractivity (Wildman–Crippen MR) is 124 cm³/mol. The number of halogens is 2. The zero-order valence-electron chi connectivity index (χ0n) is 18.4. The van der Waals surface area contributed by atoms with Crippen LogP contribution in [0.3, 0.4) is 0 Å². The number of hydrogen-bond donors (Lipinski definition) is 1. The van der Waals surface area contributed by atoms with E-state index in [9.17, 15) is 14.9 Å². The van der Waals surface area contributed by atoms with E-state index in [2.05, 4.69) is 20.7 Å². The van der Waals surface area contributed by atoms with Crippen LogP contribution in [-0.4, -0.2) is 35.5 Å². The van der Waals surface area contributed by atoms with Crippen LogP contribution in [0.4, 0.5) is 11.5 Å². The van der Waals surface area contributed by atoms with Gasteiger partial charge >= 0.3 is 5.82 Å². The van der Waals surface area contributed by atoms with Crippen molar-refractivity contribution < 1.29 is 14.2 Å². The third-order valence-electron chi connectivity index (χ3n) is 5.29. The van der Waals surface area contributed by atoms with Crippen molar-refractivity contribution in [3.05, 3.63) is 84.6 Å². The molecular weight excluding hydrogens is 485 g/mol. The summed E-state index contributed by atoms with van der Waals surface area (Å²) < 4.78 is 8.30. The number of carbonyl (C=O) groups excluding carboxylic acids is 1. The second-order valence-electron chi connectivity index (χ2n) is 7.59. The summed E-state index contributed by atoms with van der Waals surface area (Å²) in [6.07, 6.45) is 1.45. The lowest BCUT2D eigenvalue weighted by Gasteiger charge is -2.08. The Balaban J connectivity index is 1.56. The van der Waals surface area contributed by atoms with E-state index >= 15 is 0 Å². The van der Waals surface area contributed by atoms with Gasteiger partial charge in [0.05, 0.1) is 53.1 Å². The number of aromatic nitrogens is 5. The topological polar surface area (TPSA) is 134 Å². The number of aryl methyl sites for hydroxylation is 2. The second-order valence-corrected chi connectivity index (χ2v) is 8.43. The Morgan fingerprint density at radius 3 is 2.62 bits per heavy atom. The lowest BCUT2D eigenvalue weighted by Crippen LogP contribution is -2.17. The Morgan fingerprint density at radius 1 is 1.18 bits per heavy atom. The summed E-state index contributed by atoms with van der Waals surface area (Å²) in [6, 6.07) is 6.51. The molecule has 34 heavy (non-hydrogen) atoms. The molecule has 0 fully saturated rings. The van der Waals surface area contributed by atoms with Gasteiger partial charge in [-0.25, -0.2) is 0 Å². The molecule has 3 heterocycles. The highest BCUT2D eigenvalue weighted by Gasteiger charge is 2.24. The van der Waals surface area contributed by atoms with Crippen molar-refractivity contribution in [3.8, 4) is 0 Å². The van der Waals surface area contributed by atoms with Crippen LogP contribution in [-0.2, 0) is 13.1 Å². The van der Waals surface area contributed by atoms with Crippen molar-refractivity contribution in [2.24, 2.45) is 0 Å². The van der Waals surface area contributed by atoms with Gasteiger partial charge in [-0.15, -0.1) is 0 Å². The standard InChI is InChI=1S/C21H19Cl2N7O4/c1-11-19(12(2)29(25-11)9-14-4-5-15(22)8-17(14)23)24-21(31)20-16(13(3)34-27-20)10-28-7-6-18(26-28)30(32)33/h4-8H,9-10H2,1-3H3,(H,24,31). The molecular formula is C21H19Cl2N7O4. The maximum Gasteiger partial charge on any atom is 0.389 e. The fourth-order valence-electron chi connectivity index (χ4n) is 3.47. The summed E-state index contributed by atoms with van der Waals surface area (Å²) in [5, 5.41) is 27.1. The van der Waals surface area contributed by atoms with E-state index in [1.54, 1.807) is 30.7 Å². The van der Waals surface area contributed by atoms with Gasteiger partial charge in [-0.1, -0.05) is 34.4 Å². The minimum absolute atomic E-state index is 0.0583. The molecule has 0 bridgehead atoms. The number of hydrogen-bond acceptors (Lipinski definition) is 7. The molecule has 11 nitrogen and oxygen atoms in total. The first kappa shape index (κ1) is 23.5. The fourth-order valence-corrected chi connectivity index (χ4v) is 3.94. The summed E-state index contributed by atoms with van der Waals surface area (Å²) >= 11 is 12.3.